The third-order valence-electron chi connectivity index (χ3n) is 4.05. The molecule has 2 nitrogen and oxygen atoms in total. The van der Waals surface area contributed by atoms with E-state index in [9.17, 15) is 13.2 Å². The van der Waals surface area contributed by atoms with Crippen LogP contribution >= 0.6 is 0 Å². The lowest BCUT2D eigenvalue weighted by molar-refractivity contribution is -0.137. The van der Waals surface area contributed by atoms with E-state index in [2.05, 4.69) is 10.5 Å². The van der Waals surface area contributed by atoms with Crippen LogP contribution in [0.4, 0.5) is 24.5 Å². The number of alkyl halides is 3. The molecule has 0 unspecified atom stereocenters. The molecular weight excluding hydrogens is 300 g/mol. The van der Waals surface area contributed by atoms with E-state index < -0.39 is 18.7 Å². The number of benzene rings is 3. The van der Waals surface area contributed by atoms with Gasteiger partial charge in [0.05, 0.1) is 5.56 Å². The highest BCUT2D eigenvalue weighted by Gasteiger charge is 2.32. The van der Waals surface area contributed by atoms with E-state index in [-0.39, 0.29) is 0 Å². The largest absolute Gasteiger partial charge is 0.416 e. The molecule has 114 valence electrons. The minimum atomic E-state index is -4.34. The van der Waals surface area contributed by atoms with Crippen LogP contribution in [0.3, 0.4) is 0 Å². The number of hydrogen-bond donors (Lipinski definition) is 2. The van der Waals surface area contributed by atoms with E-state index in [1.165, 1.54) is 12.1 Å². The Kier molecular flexibility index (Phi) is 3.01. The first-order chi connectivity index (χ1) is 11.0. The van der Waals surface area contributed by atoms with Crippen LogP contribution < -0.4 is 15.9 Å². The molecule has 1 aliphatic heterocycles. The van der Waals surface area contributed by atoms with Crippen molar-refractivity contribution in [2.75, 3.05) is 10.5 Å². The molecule has 1 aliphatic rings. The first-order valence-electron chi connectivity index (χ1n) is 7.24. The molecule has 0 radical (unpaired) electrons. The lowest BCUT2D eigenvalue weighted by Crippen LogP contribution is -2.48. The second kappa shape index (κ2) is 4.94. The van der Waals surface area contributed by atoms with E-state index >= 15 is 0 Å². The summed E-state index contributed by atoms with van der Waals surface area (Å²) in [5, 5.41) is 8.70. The lowest BCUT2D eigenvalue weighted by Gasteiger charge is -2.27. The average molecular weight is 312 g/mol. The van der Waals surface area contributed by atoms with E-state index in [0.29, 0.717) is 5.46 Å². The predicted molar refractivity (Wildman–Crippen MR) is 88.0 cm³/mol. The van der Waals surface area contributed by atoms with Crippen molar-refractivity contribution < 1.29 is 13.2 Å². The lowest BCUT2D eigenvalue weighted by atomic mass is 9.65. The molecule has 0 spiro atoms. The van der Waals surface area contributed by atoms with Crippen LogP contribution in [-0.2, 0) is 6.18 Å². The second-order valence-corrected chi connectivity index (χ2v) is 5.55. The van der Waals surface area contributed by atoms with Crippen molar-refractivity contribution in [1.29, 1.82) is 0 Å². The van der Waals surface area contributed by atoms with Gasteiger partial charge >= 0.3 is 13.2 Å². The molecule has 3 aromatic rings. The van der Waals surface area contributed by atoms with E-state index in [4.69, 9.17) is 0 Å². The molecule has 1 heterocycles. The number of hydrogen-bond acceptors (Lipinski definition) is 2. The average Bonchev–Trinajstić information content (AvgIpc) is 2.55. The fourth-order valence-electron chi connectivity index (χ4n) is 2.99. The Labute approximate surface area is 131 Å². The zero-order valence-electron chi connectivity index (χ0n) is 12.0. The van der Waals surface area contributed by atoms with Gasteiger partial charge in [-0.3, -0.25) is 0 Å². The molecule has 0 bridgehead atoms. The molecule has 0 saturated heterocycles. The minimum absolute atomic E-state index is 0.405. The third-order valence-corrected chi connectivity index (χ3v) is 4.05. The molecule has 4 rings (SSSR count). The first-order valence-corrected chi connectivity index (χ1v) is 7.24. The highest BCUT2D eigenvalue weighted by atomic mass is 19.4. The maximum absolute atomic E-state index is 12.9. The molecule has 0 saturated carbocycles. The zero-order chi connectivity index (χ0) is 16.0. The molecule has 2 N–H and O–H groups in total. The fraction of sp³-hybridized carbons (Fsp3) is 0.0588. The summed E-state index contributed by atoms with van der Waals surface area (Å²) in [4.78, 5) is 0. The van der Waals surface area contributed by atoms with Crippen molar-refractivity contribution in [2.24, 2.45) is 0 Å². The monoisotopic (exact) mass is 312 g/mol. The van der Waals surface area contributed by atoms with E-state index in [1.54, 1.807) is 6.07 Å². The highest BCUT2D eigenvalue weighted by molar-refractivity contribution is 6.80. The van der Waals surface area contributed by atoms with Gasteiger partial charge in [0, 0.05) is 16.8 Å². The van der Waals surface area contributed by atoms with Crippen molar-refractivity contribution >= 4 is 34.6 Å². The molecule has 0 amide bonds. The molecule has 0 aliphatic carbocycles. The van der Waals surface area contributed by atoms with Crippen LogP contribution in [0, 0.1) is 0 Å². The highest BCUT2D eigenvalue weighted by Crippen LogP contribution is 2.34. The quantitative estimate of drug-likeness (QED) is 0.661. The maximum Gasteiger partial charge on any atom is 0.416 e. The molecule has 3 aromatic carbocycles. The van der Waals surface area contributed by atoms with Gasteiger partial charge in [0.2, 0.25) is 0 Å². The maximum atomic E-state index is 12.9. The fourth-order valence-corrected chi connectivity index (χ4v) is 2.99. The van der Waals surface area contributed by atoms with Gasteiger partial charge in [-0.1, -0.05) is 48.5 Å². The van der Waals surface area contributed by atoms with Crippen molar-refractivity contribution in [3.8, 4) is 0 Å². The summed E-state index contributed by atoms with van der Waals surface area (Å²) >= 11 is 0. The molecule has 0 fully saturated rings. The Balaban J connectivity index is 1.76. The van der Waals surface area contributed by atoms with Gasteiger partial charge < -0.3 is 10.5 Å². The van der Waals surface area contributed by atoms with Crippen LogP contribution in [0.15, 0.2) is 60.7 Å². The SMILES string of the molecule is FC(F)(F)c1cccc(B2Nc3cccc4cccc(c34)N2)c1. The van der Waals surface area contributed by atoms with Gasteiger partial charge in [0.25, 0.3) is 0 Å². The van der Waals surface area contributed by atoms with Crippen LogP contribution in [0.2, 0.25) is 0 Å². The third kappa shape index (κ3) is 2.40. The number of halogens is 3. The second-order valence-electron chi connectivity index (χ2n) is 5.55. The Morgan fingerprint density at radius 2 is 1.39 bits per heavy atom. The molecule has 6 heteroatoms. The molecule has 0 atom stereocenters. The Morgan fingerprint density at radius 3 is 2.00 bits per heavy atom. The summed E-state index contributed by atoms with van der Waals surface area (Å²) in [6.45, 7) is -0.405. The van der Waals surface area contributed by atoms with Gasteiger partial charge in [-0.25, -0.2) is 0 Å². The van der Waals surface area contributed by atoms with Gasteiger partial charge in [-0.15, -0.1) is 0 Å². The molecular formula is C17H12BF3N2. The Morgan fingerprint density at radius 1 is 0.783 bits per heavy atom. The number of rotatable bonds is 1. The summed E-state index contributed by atoms with van der Waals surface area (Å²) in [7, 11) is 0. The van der Waals surface area contributed by atoms with Gasteiger partial charge in [-0.2, -0.15) is 13.2 Å². The smallest absolute Gasteiger partial charge is 0.405 e. The van der Waals surface area contributed by atoms with Crippen LogP contribution in [0.5, 0.6) is 0 Å². The number of nitrogens with one attached hydrogen (secondary N) is 2. The number of anilines is 2. The zero-order valence-corrected chi connectivity index (χ0v) is 12.0. The Bertz CT molecular complexity index is 852. The molecule has 0 aromatic heterocycles. The van der Waals surface area contributed by atoms with Crippen molar-refractivity contribution in [1.82, 2.24) is 0 Å². The van der Waals surface area contributed by atoms with Crippen molar-refractivity contribution in [3.63, 3.8) is 0 Å². The minimum Gasteiger partial charge on any atom is -0.405 e. The van der Waals surface area contributed by atoms with Crippen molar-refractivity contribution in [3.05, 3.63) is 66.2 Å². The van der Waals surface area contributed by atoms with Crippen LogP contribution in [-0.4, -0.2) is 6.98 Å². The summed E-state index contributed by atoms with van der Waals surface area (Å²) < 4.78 is 38.8. The van der Waals surface area contributed by atoms with E-state index in [0.717, 1.165) is 28.2 Å². The van der Waals surface area contributed by atoms with Crippen molar-refractivity contribution in [2.45, 2.75) is 6.18 Å². The topological polar surface area (TPSA) is 24.1 Å². The normalized spacial score (nSPS) is 13.6. The van der Waals surface area contributed by atoms with E-state index in [1.807, 2.05) is 36.4 Å². The summed E-state index contributed by atoms with van der Waals surface area (Å²) in [5.74, 6) is 0. The predicted octanol–water partition coefficient (Wildman–Crippen LogP) is 4.09. The summed E-state index contributed by atoms with van der Waals surface area (Å²) in [6.07, 6.45) is -4.34. The standard InChI is InChI=1S/C17H12BF3N2/c19-17(20,21)12-6-3-7-13(10-12)18-22-14-8-1-4-11-5-2-9-15(23-18)16(11)14/h1-10,22-23H. The molecule has 23 heavy (non-hydrogen) atoms. The van der Waals surface area contributed by atoms with Gasteiger partial charge in [0.1, 0.15) is 0 Å². The van der Waals surface area contributed by atoms with Gasteiger partial charge in [0.15, 0.2) is 0 Å². The summed E-state index contributed by atoms with van der Waals surface area (Å²) in [6, 6.07) is 17.1. The van der Waals surface area contributed by atoms with Gasteiger partial charge in [-0.05, 0) is 23.0 Å². The summed E-state index contributed by atoms with van der Waals surface area (Å²) in [5.41, 5.74) is 1.74. The van der Waals surface area contributed by atoms with Crippen LogP contribution in [0.25, 0.3) is 10.8 Å². The van der Waals surface area contributed by atoms with Crippen LogP contribution in [0.1, 0.15) is 5.56 Å². The Hall–Kier alpha value is -2.63. The first kappa shape index (κ1) is 14.0.